The highest BCUT2D eigenvalue weighted by Gasteiger charge is 2.25. The Hall–Kier alpha value is -3.48. The highest BCUT2D eigenvalue weighted by atomic mass is 35.5. The molecule has 2 atom stereocenters. The van der Waals surface area contributed by atoms with E-state index in [1.807, 2.05) is 26.8 Å². The predicted molar refractivity (Wildman–Crippen MR) is 142 cm³/mol. The summed E-state index contributed by atoms with van der Waals surface area (Å²) in [6, 6.07) is 10.8. The predicted octanol–water partition coefficient (Wildman–Crippen LogP) is 4.74. The minimum atomic E-state index is -0.914. The highest BCUT2D eigenvalue weighted by molar-refractivity contribution is 6.35. The summed E-state index contributed by atoms with van der Waals surface area (Å²) in [5.74, 6) is 0.350. The van der Waals surface area contributed by atoms with Crippen molar-refractivity contribution in [2.45, 2.75) is 46.3 Å². The average molecular weight is 549 g/mol. The van der Waals surface area contributed by atoms with Gasteiger partial charge in [0, 0.05) is 5.02 Å². The summed E-state index contributed by atoms with van der Waals surface area (Å²) in [5, 5.41) is 16.2. The molecule has 2 rings (SSSR count). The zero-order valence-electron chi connectivity index (χ0n) is 21.1. The van der Waals surface area contributed by atoms with E-state index in [2.05, 4.69) is 15.8 Å². The van der Waals surface area contributed by atoms with Crippen molar-refractivity contribution in [1.82, 2.24) is 10.7 Å². The van der Waals surface area contributed by atoms with Crippen LogP contribution in [0.25, 0.3) is 0 Å². The van der Waals surface area contributed by atoms with Crippen LogP contribution in [0.15, 0.2) is 41.5 Å². The third kappa shape index (κ3) is 9.83. The summed E-state index contributed by atoms with van der Waals surface area (Å²) in [5.41, 5.74) is 3.11. The molecule has 2 aromatic carbocycles. The first-order valence-electron chi connectivity index (χ1n) is 11.7. The van der Waals surface area contributed by atoms with E-state index in [-0.39, 0.29) is 17.5 Å². The number of hydrazone groups is 1. The fourth-order valence-electron chi connectivity index (χ4n) is 3.16. The third-order valence-corrected chi connectivity index (χ3v) is 5.39. The van der Waals surface area contributed by atoms with Gasteiger partial charge in [-0.05, 0) is 68.1 Å². The van der Waals surface area contributed by atoms with Crippen LogP contribution in [0.1, 0.15) is 39.7 Å². The lowest BCUT2D eigenvalue weighted by molar-refractivity contribution is -0.132. The molecule has 0 aliphatic rings. The first kappa shape index (κ1) is 29.7. The second-order valence-electron chi connectivity index (χ2n) is 8.35. The molecule has 0 saturated carbocycles. The van der Waals surface area contributed by atoms with Crippen LogP contribution < -0.4 is 25.0 Å². The van der Waals surface area contributed by atoms with Crippen molar-refractivity contribution < 1.29 is 23.8 Å². The van der Waals surface area contributed by atoms with Crippen molar-refractivity contribution >= 4 is 41.2 Å². The highest BCUT2D eigenvalue weighted by Crippen LogP contribution is 2.29. The van der Waals surface area contributed by atoms with Crippen molar-refractivity contribution in [2.24, 2.45) is 11.0 Å². The van der Waals surface area contributed by atoms with Crippen molar-refractivity contribution in [3.63, 3.8) is 0 Å². The van der Waals surface area contributed by atoms with Crippen molar-refractivity contribution in [2.75, 3.05) is 13.2 Å². The second kappa shape index (κ2) is 14.9. The van der Waals surface area contributed by atoms with Gasteiger partial charge in [0.05, 0.1) is 17.8 Å². The van der Waals surface area contributed by atoms with E-state index in [4.69, 9.17) is 42.7 Å². The van der Waals surface area contributed by atoms with Crippen LogP contribution >= 0.6 is 23.2 Å². The third-order valence-electron chi connectivity index (χ3n) is 4.86. The fraction of sp³-hybridized carbons (Fsp3) is 0.385. The van der Waals surface area contributed by atoms with Gasteiger partial charge in [-0.2, -0.15) is 10.4 Å². The van der Waals surface area contributed by atoms with Gasteiger partial charge in [-0.1, -0.05) is 37.0 Å². The van der Waals surface area contributed by atoms with Gasteiger partial charge < -0.3 is 19.5 Å². The summed E-state index contributed by atoms with van der Waals surface area (Å²) < 4.78 is 16.5. The molecule has 0 bridgehead atoms. The van der Waals surface area contributed by atoms with Crippen molar-refractivity contribution in [3.8, 4) is 23.3 Å². The molecule has 2 N–H and O–H groups in total. The number of ether oxygens (including phenoxy) is 3. The Morgan fingerprint density at radius 1 is 1.05 bits per heavy atom. The summed E-state index contributed by atoms with van der Waals surface area (Å²) in [4.78, 5) is 25.6. The van der Waals surface area contributed by atoms with Gasteiger partial charge in [0.1, 0.15) is 17.9 Å². The van der Waals surface area contributed by atoms with Gasteiger partial charge in [-0.3, -0.25) is 9.59 Å². The van der Waals surface area contributed by atoms with Gasteiger partial charge in [0.25, 0.3) is 11.8 Å². The summed E-state index contributed by atoms with van der Waals surface area (Å²) in [6.45, 7) is 7.56. The van der Waals surface area contributed by atoms with E-state index in [1.54, 1.807) is 37.3 Å². The van der Waals surface area contributed by atoms with Crippen LogP contribution in [0.2, 0.25) is 10.0 Å². The largest absolute Gasteiger partial charge is 0.490 e. The molecule has 0 unspecified atom stereocenters. The summed E-state index contributed by atoms with van der Waals surface area (Å²) in [6.07, 6.45) is 0.918. The van der Waals surface area contributed by atoms with Gasteiger partial charge in [0.2, 0.25) is 0 Å². The van der Waals surface area contributed by atoms with E-state index in [1.165, 1.54) is 12.3 Å². The second-order valence-corrected chi connectivity index (χ2v) is 9.19. The molecule has 37 heavy (non-hydrogen) atoms. The number of nitrogens with one attached hydrogen (secondary N) is 2. The van der Waals surface area contributed by atoms with E-state index < -0.39 is 24.0 Å². The van der Waals surface area contributed by atoms with Crippen LogP contribution in [0.3, 0.4) is 0 Å². The lowest BCUT2D eigenvalue weighted by Gasteiger charge is -2.22. The zero-order chi connectivity index (χ0) is 27.4. The topological polar surface area (TPSA) is 122 Å². The molecule has 2 aromatic rings. The SMILES string of the molecule is CCOc1cc(/C=N\NC(=O)[C@@H](CC(C)C)NC(=O)[C@H](C)Oc2ccc(Cl)cc2Cl)ccc1OCC#N. The lowest BCUT2D eigenvalue weighted by Crippen LogP contribution is -2.49. The number of carbonyl (C=O) groups is 2. The quantitative estimate of drug-likeness (QED) is 0.275. The van der Waals surface area contributed by atoms with Crippen LogP contribution in [-0.2, 0) is 9.59 Å². The number of benzene rings is 2. The van der Waals surface area contributed by atoms with E-state index >= 15 is 0 Å². The molecule has 9 nitrogen and oxygen atoms in total. The molecule has 11 heteroatoms. The number of nitriles is 1. The normalized spacial score (nSPS) is 12.5. The number of nitrogens with zero attached hydrogens (tertiary/aromatic N) is 2. The first-order chi connectivity index (χ1) is 17.6. The number of rotatable bonds is 13. The number of hydrogen-bond donors (Lipinski definition) is 2. The van der Waals surface area contributed by atoms with E-state index in [9.17, 15) is 9.59 Å². The van der Waals surface area contributed by atoms with E-state index in [0.717, 1.165) is 0 Å². The molecule has 0 aliphatic carbocycles. The average Bonchev–Trinajstić information content (AvgIpc) is 2.84. The molecule has 0 spiro atoms. The van der Waals surface area contributed by atoms with Gasteiger partial charge in [-0.15, -0.1) is 0 Å². The maximum absolute atomic E-state index is 12.8. The lowest BCUT2D eigenvalue weighted by atomic mass is 10.0. The first-order valence-corrected chi connectivity index (χ1v) is 12.4. The van der Waals surface area contributed by atoms with Crippen LogP contribution in [0.4, 0.5) is 0 Å². The molecular formula is C26H30Cl2N4O5. The van der Waals surface area contributed by atoms with Gasteiger partial charge >= 0.3 is 0 Å². The Balaban J connectivity index is 2.04. The number of carbonyl (C=O) groups excluding carboxylic acids is 2. The maximum Gasteiger partial charge on any atom is 0.262 e. The minimum Gasteiger partial charge on any atom is -0.490 e. The Labute approximate surface area is 226 Å². The molecule has 198 valence electrons. The Morgan fingerprint density at radius 3 is 2.43 bits per heavy atom. The maximum atomic E-state index is 12.8. The van der Waals surface area contributed by atoms with Gasteiger partial charge in [0.15, 0.2) is 24.2 Å². The Kier molecular flexibility index (Phi) is 12.0. The van der Waals surface area contributed by atoms with Crippen molar-refractivity contribution in [1.29, 1.82) is 5.26 Å². The monoisotopic (exact) mass is 548 g/mol. The molecule has 0 radical (unpaired) electrons. The molecule has 0 aromatic heterocycles. The number of hydrogen-bond acceptors (Lipinski definition) is 7. The van der Waals surface area contributed by atoms with Gasteiger partial charge in [-0.25, -0.2) is 5.43 Å². The number of halogens is 2. The smallest absolute Gasteiger partial charge is 0.262 e. The standard InChI is InChI=1S/C26H30Cl2N4O5/c1-5-35-24-13-18(6-8-23(24)36-11-10-29)15-30-32-26(34)21(12-16(2)3)31-25(33)17(4)37-22-9-7-19(27)14-20(22)28/h6-9,13-17,21H,5,11-12H2,1-4H3,(H,31,33)(H,32,34)/b30-15-/t17-,21+/m0/s1. The van der Waals surface area contributed by atoms with Crippen molar-refractivity contribution in [3.05, 3.63) is 52.0 Å². The van der Waals surface area contributed by atoms with E-state index in [0.29, 0.717) is 40.9 Å². The molecule has 2 amide bonds. The zero-order valence-corrected chi connectivity index (χ0v) is 22.6. The Morgan fingerprint density at radius 2 is 1.78 bits per heavy atom. The molecule has 0 fully saturated rings. The summed E-state index contributed by atoms with van der Waals surface area (Å²) >= 11 is 12.0. The summed E-state index contributed by atoms with van der Waals surface area (Å²) in [7, 11) is 0. The minimum absolute atomic E-state index is 0.108. The van der Waals surface area contributed by atoms with Crippen LogP contribution in [0.5, 0.6) is 17.2 Å². The number of amides is 2. The molecule has 0 saturated heterocycles. The molecule has 0 heterocycles. The molecular weight excluding hydrogens is 519 g/mol. The fourth-order valence-corrected chi connectivity index (χ4v) is 3.61. The van der Waals surface area contributed by atoms with Crippen LogP contribution in [0, 0.1) is 17.2 Å². The Bertz CT molecular complexity index is 1150. The van der Waals surface area contributed by atoms with Crippen LogP contribution in [-0.4, -0.2) is 43.4 Å². The molecule has 0 aliphatic heterocycles.